The first-order valence-electron chi connectivity index (χ1n) is 2.91. The van der Waals surface area contributed by atoms with Gasteiger partial charge in [-0.05, 0) is 5.92 Å². The van der Waals surface area contributed by atoms with Crippen molar-refractivity contribution in [3.05, 3.63) is 0 Å². The van der Waals surface area contributed by atoms with Crippen molar-refractivity contribution in [1.29, 1.82) is 0 Å². The molecule has 0 spiro atoms. The Morgan fingerprint density at radius 1 is 1.56 bits per heavy atom. The van der Waals surface area contributed by atoms with Gasteiger partial charge < -0.3 is 0 Å². The zero-order chi connectivity index (χ0) is 7.49. The maximum Gasteiger partial charge on any atom is 0.265 e. The van der Waals surface area contributed by atoms with E-state index in [2.05, 4.69) is 0 Å². The second-order valence-corrected chi connectivity index (χ2v) is 3.76. The first-order chi connectivity index (χ1) is 3.95. The fraction of sp³-hybridized carbons (Fsp3) is 1.00. The van der Waals surface area contributed by atoms with Crippen LogP contribution in [0.25, 0.3) is 0 Å². The van der Waals surface area contributed by atoms with E-state index in [9.17, 15) is 8.42 Å². The summed E-state index contributed by atoms with van der Waals surface area (Å²) in [5.74, 6) is -0.0660. The summed E-state index contributed by atoms with van der Waals surface area (Å²) in [7, 11) is -3.74. The lowest BCUT2D eigenvalue weighted by atomic mass is 10.2. The third-order valence-electron chi connectivity index (χ3n) is 1.19. The minimum atomic E-state index is -3.74. The molecule has 1 unspecified atom stereocenters. The molecule has 0 bridgehead atoms. The van der Waals surface area contributed by atoms with Crippen LogP contribution in [0.4, 0.5) is 0 Å². The molecule has 0 saturated carbocycles. The predicted molar refractivity (Wildman–Crippen MR) is 35.9 cm³/mol. The molecule has 3 nitrogen and oxygen atoms in total. The Kier molecular flexibility index (Phi) is 3.14. The van der Waals surface area contributed by atoms with Crippen LogP contribution < -0.4 is 0 Å². The van der Waals surface area contributed by atoms with Crippen LogP contribution in [0.2, 0.25) is 0 Å². The van der Waals surface area contributed by atoms with E-state index in [1.165, 1.54) is 0 Å². The van der Waals surface area contributed by atoms with Gasteiger partial charge >= 0.3 is 0 Å². The van der Waals surface area contributed by atoms with Gasteiger partial charge in [0.25, 0.3) is 10.1 Å². The normalized spacial score (nSPS) is 15.4. The molecule has 0 aromatic rings. The second kappa shape index (κ2) is 3.17. The Morgan fingerprint density at radius 2 is 2.00 bits per heavy atom. The molecule has 9 heavy (non-hydrogen) atoms. The molecule has 0 aliphatic rings. The highest BCUT2D eigenvalue weighted by atomic mass is 32.2. The molecule has 0 amide bonds. The van der Waals surface area contributed by atoms with Crippen molar-refractivity contribution in [1.82, 2.24) is 0 Å². The van der Waals surface area contributed by atoms with E-state index in [4.69, 9.17) is 4.55 Å². The van der Waals surface area contributed by atoms with Gasteiger partial charge in [-0.25, -0.2) is 0 Å². The van der Waals surface area contributed by atoms with E-state index in [-0.39, 0.29) is 11.7 Å². The molecule has 0 aromatic carbocycles. The van der Waals surface area contributed by atoms with Crippen molar-refractivity contribution in [2.75, 3.05) is 5.75 Å². The second-order valence-electron chi connectivity index (χ2n) is 2.26. The molecule has 56 valence electrons. The van der Waals surface area contributed by atoms with Crippen LogP contribution in [0.3, 0.4) is 0 Å². The minimum Gasteiger partial charge on any atom is -0.286 e. The highest BCUT2D eigenvalue weighted by Gasteiger charge is 2.09. The third-order valence-corrected chi connectivity index (χ3v) is 2.18. The lowest BCUT2D eigenvalue weighted by Gasteiger charge is -2.02. The maximum atomic E-state index is 10.2. The van der Waals surface area contributed by atoms with E-state index < -0.39 is 10.1 Å². The van der Waals surface area contributed by atoms with Gasteiger partial charge in [0.05, 0.1) is 5.75 Å². The Hall–Kier alpha value is -0.0900. The fourth-order valence-electron chi connectivity index (χ4n) is 0.477. The highest BCUT2D eigenvalue weighted by molar-refractivity contribution is 7.85. The summed E-state index contributed by atoms with van der Waals surface area (Å²) in [6.07, 6.45) is 0.778. The summed E-state index contributed by atoms with van der Waals surface area (Å²) < 4.78 is 28.6. The summed E-state index contributed by atoms with van der Waals surface area (Å²) in [5.41, 5.74) is 0. The molecule has 0 radical (unpaired) electrons. The highest BCUT2D eigenvalue weighted by Crippen LogP contribution is 2.02. The van der Waals surface area contributed by atoms with E-state index in [1.807, 2.05) is 6.92 Å². The zero-order valence-corrected chi connectivity index (χ0v) is 6.48. The quantitative estimate of drug-likeness (QED) is 0.612. The number of rotatable bonds is 3. The van der Waals surface area contributed by atoms with Gasteiger partial charge in [-0.15, -0.1) is 0 Å². The zero-order valence-electron chi connectivity index (χ0n) is 5.66. The van der Waals surface area contributed by atoms with Gasteiger partial charge in [-0.3, -0.25) is 4.55 Å². The van der Waals surface area contributed by atoms with Crippen LogP contribution in [0.15, 0.2) is 0 Å². The van der Waals surface area contributed by atoms with Gasteiger partial charge in [0.2, 0.25) is 0 Å². The molecule has 1 N–H and O–H groups in total. The van der Waals surface area contributed by atoms with Crippen LogP contribution in [-0.4, -0.2) is 18.7 Å². The Labute approximate surface area is 55.8 Å². The molecule has 4 heteroatoms. The molecule has 0 rings (SSSR count). The Morgan fingerprint density at radius 3 is 2.11 bits per heavy atom. The Bertz CT molecular complexity index is 159. The first kappa shape index (κ1) is 8.91. The van der Waals surface area contributed by atoms with E-state index in [0.29, 0.717) is 0 Å². The van der Waals surface area contributed by atoms with Gasteiger partial charge in [-0.2, -0.15) is 8.42 Å². The fourth-order valence-corrected chi connectivity index (χ4v) is 1.43. The number of hydrogen-bond acceptors (Lipinski definition) is 2. The van der Waals surface area contributed by atoms with Crippen molar-refractivity contribution in [2.24, 2.45) is 5.92 Å². The monoisotopic (exact) mass is 152 g/mol. The van der Waals surface area contributed by atoms with Crippen LogP contribution in [-0.2, 0) is 10.1 Å². The lowest BCUT2D eigenvalue weighted by molar-refractivity contribution is 0.467. The first-order valence-corrected chi connectivity index (χ1v) is 4.51. The van der Waals surface area contributed by atoms with Gasteiger partial charge in [0, 0.05) is 0 Å². The summed E-state index contributed by atoms with van der Waals surface area (Å²) in [4.78, 5) is 0. The molecule has 1 atom stereocenters. The van der Waals surface area contributed by atoms with Gasteiger partial charge in [0.1, 0.15) is 0 Å². The average Bonchev–Trinajstić information content (AvgIpc) is 1.62. The summed E-state index contributed by atoms with van der Waals surface area (Å²) in [5, 5.41) is 0. The van der Waals surface area contributed by atoms with Crippen molar-refractivity contribution >= 4 is 10.1 Å². The standard InChI is InChI=1S/C5H12O3S/c1-3-5(2)4-9(6,7)8/h5H,3-4H2,1-2H3,(H,6,7,8). The van der Waals surface area contributed by atoms with Crippen LogP contribution in [0, 0.1) is 5.92 Å². The lowest BCUT2D eigenvalue weighted by Crippen LogP contribution is -2.11. The summed E-state index contributed by atoms with van der Waals surface area (Å²) in [6.45, 7) is 3.67. The smallest absolute Gasteiger partial charge is 0.265 e. The number of hydrogen-bond donors (Lipinski definition) is 1. The van der Waals surface area contributed by atoms with Gasteiger partial charge in [-0.1, -0.05) is 20.3 Å². The SMILES string of the molecule is CCC(C)CS(=O)(=O)O. The van der Waals surface area contributed by atoms with Crippen molar-refractivity contribution in [3.8, 4) is 0 Å². The van der Waals surface area contributed by atoms with Crippen LogP contribution in [0.1, 0.15) is 20.3 Å². The van der Waals surface area contributed by atoms with Crippen LogP contribution in [0.5, 0.6) is 0 Å². The predicted octanol–water partition coefficient (Wildman–Crippen LogP) is 0.920. The summed E-state index contributed by atoms with van der Waals surface area (Å²) in [6, 6.07) is 0. The maximum absolute atomic E-state index is 10.2. The molecule has 0 aliphatic heterocycles. The van der Waals surface area contributed by atoms with Crippen molar-refractivity contribution in [2.45, 2.75) is 20.3 Å². The van der Waals surface area contributed by atoms with Gasteiger partial charge in [0.15, 0.2) is 0 Å². The van der Waals surface area contributed by atoms with E-state index >= 15 is 0 Å². The van der Waals surface area contributed by atoms with E-state index in [1.54, 1.807) is 6.92 Å². The third kappa shape index (κ3) is 5.79. The largest absolute Gasteiger partial charge is 0.286 e. The van der Waals surface area contributed by atoms with E-state index in [0.717, 1.165) is 6.42 Å². The van der Waals surface area contributed by atoms with Crippen LogP contribution >= 0.6 is 0 Å². The topological polar surface area (TPSA) is 54.4 Å². The molecule has 0 aromatic heterocycles. The molecule has 0 saturated heterocycles. The molecule has 0 aliphatic carbocycles. The average molecular weight is 152 g/mol. The summed E-state index contributed by atoms with van der Waals surface area (Å²) >= 11 is 0. The Balaban J connectivity index is 3.75. The minimum absolute atomic E-state index is 0.0556. The molecule has 0 fully saturated rings. The van der Waals surface area contributed by atoms with Crippen molar-refractivity contribution < 1.29 is 13.0 Å². The molecular weight excluding hydrogens is 140 g/mol. The molecule has 0 heterocycles. The molecular formula is C5H12O3S. The van der Waals surface area contributed by atoms with Crippen molar-refractivity contribution in [3.63, 3.8) is 0 Å².